The van der Waals surface area contributed by atoms with E-state index in [2.05, 4.69) is 5.32 Å². The molecule has 0 fully saturated rings. The van der Waals surface area contributed by atoms with Crippen LogP contribution in [0, 0.1) is 11.6 Å². The Balaban J connectivity index is 2.15. The third-order valence-electron chi connectivity index (χ3n) is 1.96. The number of amides is 1. The Hall–Kier alpha value is -2.17. The Morgan fingerprint density at radius 1 is 1.19 bits per heavy atom. The van der Waals surface area contributed by atoms with Crippen LogP contribution in [0.25, 0.3) is 0 Å². The molecule has 2 rings (SSSR count). The maximum absolute atomic E-state index is 12.8. The van der Waals surface area contributed by atoms with Crippen molar-refractivity contribution in [2.75, 3.05) is 5.32 Å². The van der Waals surface area contributed by atoms with E-state index in [0.29, 0.717) is 5.56 Å². The lowest BCUT2D eigenvalue weighted by molar-refractivity contribution is 0.102. The van der Waals surface area contributed by atoms with Crippen molar-refractivity contribution in [3.05, 3.63) is 54.0 Å². The van der Waals surface area contributed by atoms with Gasteiger partial charge in [-0.25, -0.2) is 8.78 Å². The minimum absolute atomic E-state index is 0.185. The van der Waals surface area contributed by atoms with E-state index in [4.69, 9.17) is 4.42 Å². The first-order valence-electron chi connectivity index (χ1n) is 4.45. The molecule has 0 spiro atoms. The summed E-state index contributed by atoms with van der Waals surface area (Å²) < 4.78 is 30.2. The molecule has 0 bridgehead atoms. The zero-order valence-electron chi connectivity index (χ0n) is 8.04. The van der Waals surface area contributed by atoms with Crippen LogP contribution in [0.15, 0.2) is 41.2 Å². The summed E-state index contributed by atoms with van der Waals surface area (Å²) in [7, 11) is 0. The van der Waals surface area contributed by atoms with Crippen molar-refractivity contribution in [2.24, 2.45) is 0 Å². The molecule has 0 saturated carbocycles. The average molecular weight is 223 g/mol. The molecule has 1 N–H and O–H groups in total. The van der Waals surface area contributed by atoms with Crippen molar-refractivity contribution < 1.29 is 18.0 Å². The summed E-state index contributed by atoms with van der Waals surface area (Å²) in [4.78, 5) is 11.5. The number of benzene rings is 1. The van der Waals surface area contributed by atoms with Gasteiger partial charge >= 0.3 is 0 Å². The summed E-state index contributed by atoms with van der Waals surface area (Å²) >= 11 is 0. The fourth-order valence-corrected chi connectivity index (χ4v) is 1.17. The summed E-state index contributed by atoms with van der Waals surface area (Å²) in [6.45, 7) is 0. The topological polar surface area (TPSA) is 42.2 Å². The lowest BCUT2D eigenvalue weighted by Crippen LogP contribution is -2.11. The van der Waals surface area contributed by atoms with E-state index in [9.17, 15) is 13.6 Å². The highest BCUT2D eigenvalue weighted by molar-refractivity contribution is 6.03. The molecule has 1 aromatic carbocycles. The van der Waals surface area contributed by atoms with Gasteiger partial charge in [-0.3, -0.25) is 4.79 Å². The van der Waals surface area contributed by atoms with Gasteiger partial charge in [-0.2, -0.15) is 0 Å². The second kappa shape index (κ2) is 4.14. The van der Waals surface area contributed by atoms with Crippen LogP contribution in [0.4, 0.5) is 14.5 Å². The van der Waals surface area contributed by atoms with Crippen LogP contribution in [0.5, 0.6) is 0 Å². The van der Waals surface area contributed by atoms with Gasteiger partial charge in [0.2, 0.25) is 0 Å². The Morgan fingerprint density at radius 2 is 2.00 bits per heavy atom. The van der Waals surface area contributed by atoms with Crippen LogP contribution in [0.2, 0.25) is 0 Å². The maximum Gasteiger partial charge on any atom is 0.258 e. The molecule has 5 heteroatoms. The number of anilines is 1. The molecule has 2 aromatic rings. The molecule has 0 saturated heterocycles. The number of carbonyl (C=O) groups is 1. The van der Waals surface area contributed by atoms with Gasteiger partial charge in [0.15, 0.2) is 11.6 Å². The molecule has 82 valence electrons. The van der Waals surface area contributed by atoms with Crippen LogP contribution >= 0.6 is 0 Å². The molecule has 0 unspecified atom stereocenters. The van der Waals surface area contributed by atoms with Gasteiger partial charge < -0.3 is 9.73 Å². The third-order valence-corrected chi connectivity index (χ3v) is 1.96. The molecule has 0 aliphatic rings. The number of rotatable bonds is 2. The van der Waals surface area contributed by atoms with E-state index in [-0.39, 0.29) is 5.69 Å². The normalized spacial score (nSPS) is 10.1. The molecule has 0 aliphatic carbocycles. The van der Waals surface area contributed by atoms with Crippen LogP contribution in [0.1, 0.15) is 10.4 Å². The highest BCUT2D eigenvalue weighted by Gasteiger charge is 2.08. The van der Waals surface area contributed by atoms with Crippen molar-refractivity contribution in [2.45, 2.75) is 0 Å². The van der Waals surface area contributed by atoms with Crippen LogP contribution in [-0.4, -0.2) is 5.91 Å². The molecule has 0 aliphatic heterocycles. The monoisotopic (exact) mass is 223 g/mol. The van der Waals surface area contributed by atoms with Crippen molar-refractivity contribution in [3.63, 3.8) is 0 Å². The zero-order valence-corrected chi connectivity index (χ0v) is 8.04. The summed E-state index contributed by atoms with van der Waals surface area (Å²) in [6, 6.07) is 4.60. The number of hydrogen-bond acceptors (Lipinski definition) is 2. The molecule has 1 amide bonds. The maximum atomic E-state index is 12.8. The molecule has 3 nitrogen and oxygen atoms in total. The SMILES string of the molecule is O=C(Nc1ccc(F)c(F)c1)c1ccoc1. The number of carbonyl (C=O) groups excluding carboxylic acids is 1. The Labute approximate surface area is 89.7 Å². The number of halogens is 2. The van der Waals surface area contributed by atoms with Crippen LogP contribution in [0.3, 0.4) is 0 Å². The molecule has 0 radical (unpaired) electrons. The highest BCUT2D eigenvalue weighted by Crippen LogP contribution is 2.14. The minimum Gasteiger partial charge on any atom is -0.472 e. The number of hydrogen-bond donors (Lipinski definition) is 1. The van der Waals surface area contributed by atoms with Crippen molar-refractivity contribution >= 4 is 11.6 Å². The first-order valence-corrected chi connectivity index (χ1v) is 4.45. The molecule has 1 aromatic heterocycles. The molecule has 16 heavy (non-hydrogen) atoms. The van der Waals surface area contributed by atoms with Crippen molar-refractivity contribution in [1.29, 1.82) is 0 Å². The average Bonchev–Trinajstić information content (AvgIpc) is 2.77. The molecule has 0 atom stereocenters. The number of nitrogens with one attached hydrogen (secondary N) is 1. The smallest absolute Gasteiger partial charge is 0.258 e. The van der Waals surface area contributed by atoms with Crippen LogP contribution < -0.4 is 5.32 Å². The second-order valence-electron chi connectivity index (χ2n) is 3.10. The molecular weight excluding hydrogens is 216 g/mol. The number of furan rings is 1. The summed E-state index contributed by atoms with van der Waals surface area (Å²) in [5, 5.41) is 2.41. The predicted molar refractivity (Wildman–Crippen MR) is 53.0 cm³/mol. The lowest BCUT2D eigenvalue weighted by atomic mass is 10.2. The van der Waals surface area contributed by atoms with E-state index < -0.39 is 17.5 Å². The van der Waals surface area contributed by atoms with E-state index in [1.807, 2.05) is 0 Å². The lowest BCUT2D eigenvalue weighted by Gasteiger charge is -2.03. The summed E-state index contributed by atoms with van der Waals surface area (Å²) in [6.07, 6.45) is 2.61. The van der Waals surface area contributed by atoms with E-state index in [0.717, 1.165) is 12.1 Å². The fraction of sp³-hybridized carbons (Fsp3) is 0. The quantitative estimate of drug-likeness (QED) is 0.850. The fourth-order valence-electron chi connectivity index (χ4n) is 1.17. The van der Waals surface area contributed by atoms with Gasteiger partial charge in [0, 0.05) is 11.8 Å². The van der Waals surface area contributed by atoms with E-state index in [1.165, 1.54) is 24.7 Å². The predicted octanol–water partition coefficient (Wildman–Crippen LogP) is 2.81. The minimum atomic E-state index is -1.01. The second-order valence-corrected chi connectivity index (χ2v) is 3.10. The van der Waals surface area contributed by atoms with Gasteiger partial charge in [-0.15, -0.1) is 0 Å². The van der Waals surface area contributed by atoms with Gasteiger partial charge in [0.1, 0.15) is 6.26 Å². The van der Waals surface area contributed by atoms with E-state index >= 15 is 0 Å². The highest BCUT2D eigenvalue weighted by atomic mass is 19.2. The first kappa shape index (κ1) is 10.4. The van der Waals surface area contributed by atoms with Crippen LogP contribution in [-0.2, 0) is 0 Å². The summed E-state index contributed by atoms with van der Waals surface area (Å²) in [5.74, 6) is -2.41. The van der Waals surface area contributed by atoms with Gasteiger partial charge in [-0.1, -0.05) is 0 Å². The largest absolute Gasteiger partial charge is 0.472 e. The van der Waals surface area contributed by atoms with Crippen molar-refractivity contribution in [1.82, 2.24) is 0 Å². The Bertz CT molecular complexity index is 509. The van der Waals surface area contributed by atoms with Gasteiger partial charge in [0.05, 0.1) is 11.8 Å². The molecule has 1 heterocycles. The Kier molecular flexibility index (Phi) is 2.68. The first-order chi connectivity index (χ1) is 7.66. The summed E-state index contributed by atoms with van der Waals surface area (Å²) in [5.41, 5.74) is 0.495. The van der Waals surface area contributed by atoms with Gasteiger partial charge in [-0.05, 0) is 18.2 Å². The van der Waals surface area contributed by atoms with Crippen molar-refractivity contribution in [3.8, 4) is 0 Å². The third kappa shape index (κ3) is 2.08. The zero-order chi connectivity index (χ0) is 11.5. The molecular formula is C11H7F2NO2. The van der Waals surface area contributed by atoms with Gasteiger partial charge in [0.25, 0.3) is 5.91 Å². The van der Waals surface area contributed by atoms with E-state index in [1.54, 1.807) is 0 Å². The standard InChI is InChI=1S/C11H7F2NO2/c12-9-2-1-8(5-10(9)13)14-11(15)7-3-4-16-6-7/h1-6H,(H,14,15). The Morgan fingerprint density at radius 3 is 2.62 bits per heavy atom.